The Bertz CT molecular complexity index is 291. The van der Waals surface area contributed by atoms with Crippen molar-refractivity contribution in [1.82, 2.24) is 10.6 Å². The van der Waals surface area contributed by atoms with Crippen molar-refractivity contribution in [2.75, 3.05) is 72.9 Å². The summed E-state index contributed by atoms with van der Waals surface area (Å²) in [6.07, 6.45) is 0.290. The van der Waals surface area contributed by atoms with E-state index in [0.29, 0.717) is 52.7 Å². The number of carbonyl (C=O) groups excluding carboxylic acids is 2. The van der Waals surface area contributed by atoms with Crippen LogP contribution in [0.3, 0.4) is 0 Å². The Morgan fingerprint density at radius 3 is 2.30 bits per heavy atom. The highest BCUT2D eigenvalue weighted by molar-refractivity contribution is 5.76. The smallest absolute Gasteiger partial charge is 0.155 e. The van der Waals surface area contributed by atoms with Crippen molar-refractivity contribution in [2.24, 2.45) is 0 Å². The van der Waals surface area contributed by atoms with Crippen molar-refractivity contribution in [3.8, 4) is 0 Å². The minimum Gasteiger partial charge on any atom is -0.378 e. The quantitative estimate of drug-likeness (QED) is 0.244. The van der Waals surface area contributed by atoms with Gasteiger partial charge in [0.25, 0.3) is 0 Å². The van der Waals surface area contributed by atoms with Crippen LogP contribution in [0.2, 0.25) is 0 Å². The average molecular weight is 334 g/mol. The van der Waals surface area contributed by atoms with E-state index < -0.39 is 6.10 Å². The van der Waals surface area contributed by atoms with Crippen LogP contribution in [-0.4, -0.2) is 91.1 Å². The van der Waals surface area contributed by atoms with E-state index in [1.807, 2.05) is 7.05 Å². The lowest BCUT2D eigenvalue weighted by Crippen LogP contribution is -2.33. The molecule has 0 rings (SSSR count). The number of Topliss-reactive ketones (excluding diaryl/α,β-unsaturated/α-hetero) is 1. The van der Waals surface area contributed by atoms with Gasteiger partial charge in [0.05, 0.1) is 39.6 Å². The molecule has 0 saturated carbocycles. The summed E-state index contributed by atoms with van der Waals surface area (Å²) in [4.78, 5) is 21.5. The Morgan fingerprint density at radius 2 is 1.65 bits per heavy atom. The number of nitrogens with one attached hydrogen (secondary N) is 2. The summed E-state index contributed by atoms with van der Waals surface area (Å²) in [6, 6.07) is 0. The van der Waals surface area contributed by atoms with E-state index in [2.05, 4.69) is 10.6 Å². The van der Waals surface area contributed by atoms with Crippen molar-refractivity contribution in [3.63, 3.8) is 0 Å². The van der Waals surface area contributed by atoms with Gasteiger partial charge in [-0.15, -0.1) is 0 Å². The van der Waals surface area contributed by atoms with Crippen molar-refractivity contribution in [2.45, 2.75) is 13.0 Å². The minimum atomic E-state index is -0.484. The molecule has 0 aliphatic rings. The number of hydrogen-bond acceptors (Lipinski definition) is 8. The maximum atomic E-state index is 10.9. The second-order valence-electron chi connectivity index (χ2n) is 4.83. The molecular weight excluding hydrogens is 304 g/mol. The monoisotopic (exact) mass is 334 g/mol. The number of likely N-dealkylation sites (N-methyl/N-ethyl adjacent to an activating group) is 1. The largest absolute Gasteiger partial charge is 0.378 e. The fourth-order valence-electron chi connectivity index (χ4n) is 1.51. The number of ether oxygens (including phenoxy) is 4. The SMILES string of the molecule is CNCCOCCOC(C=O)CNCCOCCOCC(C)=O. The molecule has 0 saturated heterocycles. The van der Waals surface area contributed by atoms with Gasteiger partial charge in [-0.3, -0.25) is 4.79 Å². The van der Waals surface area contributed by atoms with Crippen LogP contribution in [0.4, 0.5) is 0 Å². The third kappa shape index (κ3) is 17.3. The van der Waals surface area contributed by atoms with Crippen LogP contribution >= 0.6 is 0 Å². The lowest BCUT2D eigenvalue weighted by molar-refractivity contribution is -0.122. The molecule has 0 bridgehead atoms. The Hall–Kier alpha value is -0.900. The zero-order chi connectivity index (χ0) is 17.2. The molecule has 2 N–H and O–H groups in total. The molecule has 0 aromatic carbocycles. The average Bonchev–Trinajstić information content (AvgIpc) is 2.54. The fraction of sp³-hybridized carbons (Fsp3) is 0.867. The van der Waals surface area contributed by atoms with Crippen LogP contribution in [0.1, 0.15) is 6.92 Å². The van der Waals surface area contributed by atoms with Gasteiger partial charge in [-0.2, -0.15) is 0 Å². The van der Waals surface area contributed by atoms with Gasteiger partial charge in [0.2, 0.25) is 0 Å². The molecule has 136 valence electrons. The third-order valence-corrected chi connectivity index (χ3v) is 2.65. The van der Waals surface area contributed by atoms with E-state index in [1.165, 1.54) is 6.92 Å². The van der Waals surface area contributed by atoms with E-state index >= 15 is 0 Å². The molecule has 0 spiro atoms. The van der Waals surface area contributed by atoms with Gasteiger partial charge >= 0.3 is 0 Å². The van der Waals surface area contributed by atoms with Gasteiger partial charge in [-0.05, 0) is 14.0 Å². The van der Waals surface area contributed by atoms with Crippen LogP contribution in [0, 0.1) is 0 Å². The first-order valence-corrected chi connectivity index (χ1v) is 7.85. The normalized spacial score (nSPS) is 12.3. The molecule has 0 aromatic heterocycles. The Kier molecular flexibility index (Phi) is 16.8. The molecule has 0 amide bonds. The predicted molar refractivity (Wildman–Crippen MR) is 85.7 cm³/mol. The van der Waals surface area contributed by atoms with E-state index in [9.17, 15) is 9.59 Å². The lowest BCUT2D eigenvalue weighted by Gasteiger charge is -2.13. The molecule has 0 aromatic rings. The molecule has 0 fully saturated rings. The van der Waals surface area contributed by atoms with E-state index in [-0.39, 0.29) is 12.4 Å². The molecule has 0 aliphatic heterocycles. The number of carbonyl (C=O) groups is 2. The molecule has 8 heteroatoms. The number of ketones is 1. The summed E-state index contributed by atoms with van der Waals surface area (Å²) in [5.41, 5.74) is 0. The van der Waals surface area contributed by atoms with Crippen molar-refractivity contribution < 1.29 is 28.5 Å². The predicted octanol–water partition coefficient (Wildman–Crippen LogP) is -0.982. The third-order valence-electron chi connectivity index (χ3n) is 2.65. The Labute approximate surface area is 138 Å². The summed E-state index contributed by atoms with van der Waals surface area (Å²) < 4.78 is 21.1. The second kappa shape index (κ2) is 17.5. The second-order valence-corrected chi connectivity index (χ2v) is 4.83. The lowest BCUT2D eigenvalue weighted by atomic mass is 10.4. The molecular formula is C15H30N2O6. The van der Waals surface area contributed by atoms with Gasteiger partial charge in [0.15, 0.2) is 5.78 Å². The first kappa shape index (κ1) is 22.1. The number of rotatable bonds is 18. The van der Waals surface area contributed by atoms with Gasteiger partial charge in [-0.1, -0.05) is 0 Å². The molecule has 1 atom stereocenters. The zero-order valence-electron chi connectivity index (χ0n) is 14.2. The summed E-state index contributed by atoms with van der Waals surface area (Å²) in [6.45, 7) is 6.25. The molecule has 0 aliphatic carbocycles. The topological polar surface area (TPSA) is 95.1 Å². The molecule has 0 radical (unpaired) electrons. The fourth-order valence-corrected chi connectivity index (χ4v) is 1.51. The van der Waals surface area contributed by atoms with Gasteiger partial charge < -0.3 is 34.4 Å². The van der Waals surface area contributed by atoms with E-state index in [4.69, 9.17) is 18.9 Å². The van der Waals surface area contributed by atoms with Crippen LogP contribution in [-0.2, 0) is 28.5 Å². The number of aldehydes is 1. The standard InChI is InChI=1S/C15H30N2O6/c1-14(19)13-22-8-7-21-6-4-17-11-15(12-18)23-10-9-20-5-3-16-2/h12,15-17H,3-11,13H2,1-2H3. The van der Waals surface area contributed by atoms with Gasteiger partial charge in [0, 0.05) is 19.6 Å². The van der Waals surface area contributed by atoms with E-state index in [0.717, 1.165) is 12.8 Å². The summed E-state index contributed by atoms with van der Waals surface area (Å²) >= 11 is 0. The molecule has 8 nitrogen and oxygen atoms in total. The first-order valence-electron chi connectivity index (χ1n) is 7.85. The summed E-state index contributed by atoms with van der Waals surface area (Å²) in [5.74, 6) is -0.000924. The number of hydrogen-bond donors (Lipinski definition) is 2. The van der Waals surface area contributed by atoms with Gasteiger partial charge in [-0.25, -0.2) is 0 Å². The molecule has 0 heterocycles. The van der Waals surface area contributed by atoms with Crippen LogP contribution in [0.15, 0.2) is 0 Å². The van der Waals surface area contributed by atoms with Gasteiger partial charge in [0.1, 0.15) is 19.0 Å². The summed E-state index contributed by atoms with van der Waals surface area (Å²) in [5, 5.41) is 6.05. The maximum absolute atomic E-state index is 10.9. The highest BCUT2D eigenvalue weighted by atomic mass is 16.5. The maximum Gasteiger partial charge on any atom is 0.155 e. The minimum absolute atomic E-state index is 0.000924. The molecule has 1 unspecified atom stereocenters. The molecule has 23 heavy (non-hydrogen) atoms. The van der Waals surface area contributed by atoms with Crippen molar-refractivity contribution >= 4 is 12.1 Å². The van der Waals surface area contributed by atoms with E-state index in [1.54, 1.807) is 0 Å². The zero-order valence-corrected chi connectivity index (χ0v) is 14.2. The van der Waals surface area contributed by atoms with Crippen molar-refractivity contribution in [3.05, 3.63) is 0 Å². The highest BCUT2D eigenvalue weighted by Gasteiger charge is 2.06. The summed E-state index contributed by atoms with van der Waals surface area (Å²) in [7, 11) is 1.86. The van der Waals surface area contributed by atoms with Crippen LogP contribution < -0.4 is 10.6 Å². The Morgan fingerprint density at radius 1 is 1.00 bits per heavy atom. The van der Waals surface area contributed by atoms with Crippen LogP contribution in [0.5, 0.6) is 0 Å². The Balaban J connectivity index is 3.33. The van der Waals surface area contributed by atoms with Crippen LogP contribution in [0.25, 0.3) is 0 Å². The first-order chi connectivity index (χ1) is 11.2. The van der Waals surface area contributed by atoms with Crippen molar-refractivity contribution in [1.29, 1.82) is 0 Å². The highest BCUT2D eigenvalue weighted by Crippen LogP contribution is 1.88.